The summed E-state index contributed by atoms with van der Waals surface area (Å²) in [5.41, 5.74) is 1.69. The standard InChI is InChI=1S/C16H14BrF3O/c1-10-8-13(17)6-7-14(10)15(21)9-11-2-4-12(5-3-11)16(18,19)20/h2-8,15,21H,9H2,1H3. The van der Waals surface area contributed by atoms with Crippen LogP contribution in [-0.2, 0) is 12.6 Å². The molecule has 112 valence electrons. The SMILES string of the molecule is Cc1cc(Br)ccc1C(O)Cc1ccc(C(F)(F)F)cc1. The van der Waals surface area contributed by atoms with Crippen molar-refractivity contribution < 1.29 is 18.3 Å². The summed E-state index contributed by atoms with van der Waals surface area (Å²) in [4.78, 5) is 0. The molecule has 2 aromatic carbocycles. The van der Waals surface area contributed by atoms with Gasteiger partial charge in [-0.15, -0.1) is 0 Å². The minimum absolute atomic E-state index is 0.278. The molecule has 0 bridgehead atoms. The van der Waals surface area contributed by atoms with Gasteiger partial charge in [0.25, 0.3) is 0 Å². The normalized spacial score (nSPS) is 13.2. The van der Waals surface area contributed by atoms with Gasteiger partial charge < -0.3 is 5.11 Å². The number of aliphatic hydroxyl groups excluding tert-OH is 1. The maximum Gasteiger partial charge on any atom is 0.416 e. The molecule has 1 unspecified atom stereocenters. The van der Waals surface area contributed by atoms with Gasteiger partial charge in [-0.05, 0) is 47.9 Å². The van der Waals surface area contributed by atoms with E-state index in [1.165, 1.54) is 12.1 Å². The van der Waals surface area contributed by atoms with E-state index in [2.05, 4.69) is 15.9 Å². The molecule has 21 heavy (non-hydrogen) atoms. The van der Waals surface area contributed by atoms with Gasteiger partial charge in [-0.3, -0.25) is 0 Å². The Kier molecular flexibility index (Phi) is 4.74. The van der Waals surface area contributed by atoms with Crippen LogP contribution in [0.25, 0.3) is 0 Å². The lowest BCUT2D eigenvalue weighted by Crippen LogP contribution is -2.06. The van der Waals surface area contributed by atoms with E-state index in [0.29, 0.717) is 5.56 Å². The number of aliphatic hydroxyl groups is 1. The molecule has 0 spiro atoms. The van der Waals surface area contributed by atoms with Crippen molar-refractivity contribution in [3.8, 4) is 0 Å². The lowest BCUT2D eigenvalue weighted by Gasteiger charge is -2.15. The third kappa shape index (κ3) is 4.08. The summed E-state index contributed by atoms with van der Waals surface area (Å²) in [7, 11) is 0. The van der Waals surface area contributed by atoms with E-state index >= 15 is 0 Å². The number of hydrogen-bond acceptors (Lipinski definition) is 1. The molecule has 0 heterocycles. The first-order valence-corrected chi connectivity index (χ1v) is 7.17. The number of aryl methyl sites for hydroxylation is 1. The molecule has 0 aromatic heterocycles. The average Bonchev–Trinajstić information content (AvgIpc) is 2.38. The first-order valence-electron chi connectivity index (χ1n) is 6.37. The predicted octanol–water partition coefficient (Wildman–Crippen LogP) is 5.05. The summed E-state index contributed by atoms with van der Waals surface area (Å²) in [6.07, 6.45) is -4.80. The molecule has 0 amide bonds. The van der Waals surface area contributed by atoms with E-state index in [1.807, 2.05) is 25.1 Å². The summed E-state index contributed by atoms with van der Waals surface area (Å²) in [6.45, 7) is 1.88. The minimum atomic E-state index is -4.33. The van der Waals surface area contributed by atoms with Crippen LogP contribution < -0.4 is 0 Å². The van der Waals surface area contributed by atoms with Crippen molar-refractivity contribution in [1.82, 2.24) is 0 Å². The molecule has 1 atom stereocenters. The average molecular weight is 359 g/mol. The monoisotopic (exact) mass is 358 g/mol. The summed E-state index contributed by atoms with van der Waals surface area (Å²) in [5, 5.41) is 10.2. The van der Waals surface area contributed by atoms with Crippen LogP contribution in [-0.4, -0.2) is 5.11 Å². The fourth-order valence-electron chi connectivity index (χ4n) is 2.18. The molecule has 0 radical (unpaired) electrons. The Bertz CT molecular complexity index is 620. The van der Waals surface area contributed by atoms with Crippen molar-refractivity contribution in [2.75, 3.05) is 0 Å². The van der Waals surface area contributed by atoms with E-state index in [9.17, 15) is 18.3 Å². The van der Waals surface area contributed by atoms with Crippen LogP contribution in [0, 0.1) is 6.92 Å². The van der Waals surface area contributed by atoms with Crippen LogP contribution in [0.1, 0.15) is 28.4 Å². The van der Waals surface area contributed by atoms with Crippen molar-refractivity contribution in [2.24, 2.45) is 0 Å². The van der Waals surface area contributed by atoms with Gasteiger partial charge in [0.1, 0.15) is 0 Å². The minimum Gasteiger partial charge on any atom is -0.388 e. The Labute approximate surface area is 129 Å². The van der Waals surface area contributed by atoms with Crippen LogP contribution in [0.15, 0.2) is 46.9 Å². The van der Waals surface area contributed by atoms with Crippen molar-refractivity contribution in [2.45, 2.75) is 25.6 Å². The highest BCUT2D eigenvalue weighted by Gasteiger charge is 2.30. The van der Waals surface area contributed by atoms with E-state index in [4.69, 9.17) is 0 Å². The number of benzene rings is 2. The molecular weight excluding hydrogens is 345 g/mol. The van der Waals surface area contributed by atoms with Gasteiger partial charge in [-0.2, -0.15) is 13.2 Å². The largest absolute Gasteiger partial charge is 0.416 e. The molecule has 5 heteroatoms. The maximum atomic E-state index is 12.5. The van der Waals surface area contributed by atoms with E-state index < -0.39 is 17.8 Å². The lowest BCUT2D eigenvalue weighted by atomic mass is 9.97. The van der Waals surface area contributed by atoms with Gasteiger partial charge in [0.05, 0.1) is 11.7 Å². The van der Waals surface area contributed by atoms with Gasteiger partial charge in [-0.25, -0.2) is 0 Å². The van der Waals surface area contributed by atoms with E-state index in [1.54, 1.807) is 0 Å². The highest BCUT2D eigenvalue weighted by molar-refractivity contribution is 9.10. The van der Waals surface area contributed by atoms with Gasteiger partial charge in [0.2, 0.25) is 0 Å². The van der Waals surface area contributed by atoms with Crippen LogP contribution in [0.3, 0.4) is 0 Å². The Balaban J connectivity index is 2.14. The summed E-state index contributed by atoms with van der Waals surface area (Å²) >= 11 is 3.35. The molecular formula is C16H14BrF3O. The zero-order valence-electron chi connectivity index (χ0n) is 11.3. The smallest absolute Gasteiger partial charge is 0.388 e. The molecule has 1 N–H and O–H groups in total. The molecule has 0 saturated carbocycles. The molecule has 2 aromatic rings. The van der Waals surface area contributed by atoms with Crippen molar-refractivity contribution in [3.63, 3.8) is 0 Å². The Hall–Kier alpha value is -1.33. The molecule has 0 saturated heterocycles. The molecule has 0 aliphatic heterocycles. The van der Waals surface area contributed by atoms with Gasteiger partial charge >= 0.3 is 6.18 Å². The third-order valence-electron chi connectivity index (χ3n) is 3.30. The zero-order chi connectivity index (χ0) is 15.6. The first kappa shape index (κ1) is 16.0. The highest BCUT2D eigenvalue weighted by atomic mass is 79.9. The number of hydrogen-bond donors (Lipinski definition) is 1. The molecule has 0 aliphatic carbocycles. The molecule has 0 aliphatic rings. The second-order valence-corrected chi connectivity index (χ2v) is 5.83. The van der Waals surface area contributed by atoms with E-state index in [0.717, 1.165) is 27.7 Å². The van der Waals surface area contributed by atoms with Crippen LogP contribution >= 0.6 is 15.9 Å². The molecule has 0 fully saturated rings. The molecule has 1 nitrogen and oxygen atoms in total. The Morgan fingerprint density at radius 1 is 1.10 bits per heavy atom. The zero-order valence-corrected chi connectivity index (χ0v) is 12.9. The maximum absolute atomic E-state index is 12.5. The van der Waals surface area contributed by atoms with Gasteiger partial charge in [0, 0.05) is 10.9 Å². The number of rotatable bonds is 3. The number of alkyl halides is 3. The summed E-state index contributed by atoms with van der Waals surface area (Å²) in [5.74, 6) is 0. The fourth-order valence-corrected chi connectivity index (χ4v) is 2.65. The second-order valence-electron chi connectivity index (χ2n) is 4.92. The summed E-state index contributed by atoms with van der Waals surface area (Å²) in [6, 6.07) is 10.4. The lowest BCUT2D eigenvalue weighted by molar-refractivity contribution is -0.137. The second kappa shape index (κ2) is 6.20. The Morgan fingerprint density at radius 3 is 2.24 bits per heavy atom. The predicted molar refractivity (Wildman–Crippen MR) is 79.0 cm³/mol. The fraction of sp³-hybridized carbons (Fsp3) is 0.250. The van der Waals surface area contributed by atoms with E-state index in [-0.39, 0.29) is 6.42 Å². The number of halogens is 4. The van der Waals surface area contributed by atoms with Crippen molar-refractivity contribution >= 4 is 15.9 Å². The van der Waals surface area contributed by atoms with Crippen molar-refractivity contribution in [3.05, 3.63) is 69.2 Å². The van der Waals surface area contributed by atoms with Gasteiger partial charge in [-0.1, -0.05) is 34.1 Å². The van der Waals surface area contributed by atoms with Crippen LogP contribution in [0.4, 0.5) is 13.2 Å². The first-order chi connectivity index (χ1) is 9.77. The van der Waals surface area contributed by atoms with Crippen LogP contribution in [0.5, 0.6) is 0 Å². The third-order valence-corrected chi connectivity index (χ3v) is 3.79. The quantitative estimate of drug-likeness (QED) is 0.813. The van der Waals surface area contributed by atoms with Crippen LogP contribution in [0.2, 0.25) is 0 Å². The summed E-state index contributed by atoms with van der Waals surface area (Å²) < 4.78 is 38.4. The van der Waals surface area contributed by atoms with Gasteiger partial charge in [0.15, 0.2) is 0 Å². The van der Waals surface area contributed by atoms with Crippen molar-refractivity contribution in [1.29, 1.82) is 0 Å². The highest BCUT2D eigenvalue weighted by Crippen LogP contribution is 2.30. The topological polar surface area (TPSA) is 20.2 Å². The molecule has 2 rings (SSSR count). The Morgan fingerprint density at radius 2 is 1.71 bits per heavy atom.